The van der Waals surface area contributed by atoms with E-state index in [-0.39, 0.29) is 24.3 Å². The molecule has 0 aromatic rings. The van der Waals surface area contributed by atoms with Crippen LogP contribution in [-0.4, -0.2) is 18.8 Å². The van der Waals surface area contributed by atoms with Gasteiger partial charge in [-0.25, -0.2) is 0 Å². The molecular formula is C7H15LiOS. The molecule has 10 heavy (non-hydrogen) atoms. The van der Waals surface area contributed by atoms with Gasteiger partial charge in [0.1, 0.15) is 0 Å². The fourth-order valence-corrected chi connectivity index (χ4v) is 1.20. The van der Waals surface area contributed by atoms with Crippen molar-refractivity contribution in [3.8, 4) is 0 Å². The van der Waals surface area contributed by atoms with Crippen LogP contribution in [-0.2, 0) is 4.74 Å². The fourth-order valence-electron chi connectivity index (χ4n) is 0.401. The van der Waals surface area contributed by atoms with Crippen molar-refractivity contribution in [2.45, 2.75) is 13.8 Å². The van der Waals surface area contributed by atoms with E-state index in [2.05, 4.69) is 20.8 Å². The van der Waals surface area contributed by atoms with Gasteiger partial charge in [0.25, 0.3) is 0 Å². The van der Waals surface area contributed by atoms with Gasteiger partial charge in [0, 0.05) is 7.11 Å². The van der Waals surface area contributed by atoms with E-state index in [1.807, 2.05) is 0 Å². The van der Waals surface area contributed by atoms with E-state index in [9.17, 15) is 0 Å². The van der Waals surface area contributed by atoms with E-state index in [0.29, 0.717) is 0 Å². The molecule has 0 aliphatic heterocycles. The topological polar surface area (TPSA) is 9.23 Å². The first-order valence-electron chi connectivity index (χ1n) is 2.98. The van der Waals surface area contributed by atoms with Crippen LogP contribution in [0.2, 0.25) is 0 Å². The second-order valence-corrected chi connectivity index (χ2v) is 3.85. The van der Waals surface area contributed by atoms with Gasteiger partial charge in [0.05, 0.1) is 5.94 Å². The summed E-state index contributed by atoms with van der Waals surface area (Å²) < 4.78 is 4.87. The number of ether oxygens (including phenoxy) is 1. The molecular weight excluding hydrogens is 139 g/mol. The van der Waals surface area contributed by atoms with Crippen molar-refractivity contribution in [3.05, 3.63) is 6.92 Å². The Bertz CT molecular complexity index is 70.5. The van der Waals surface area contributed by atoms with Crippen molar-refractivity contribution in [1.82, 2.24) is 0 Å². The first kappa shape index (κ1) is 13.5. The molecule has 56 valence electrons. The average molecular weight is 154 g/mol. The van der Waals surface area contributed by atoms with Gasteiger partial charge in [-0.1, -0.05) is 13.8 Å². The summed E-state index contributed by atoms with van der Waals surface area (Å²) in [5.41, 5.74) is 0.184. The van der Waals surface area contributed by atoms with E-state index >= 15 is 0 Å². The fraction of sp³-hybridized carbons (Fsp3) is 0.857. The summed E-state index contributed by atoms with van der Waals surface area (Å²) in [6, 6.07) is 0. The van der Waals surface area contributed by atoms with Gasteiger partial charge >= 0.3 is 18.9 Å². The first-order valence-corrected chi connectivity index (χ1v) is 4.14. The molecule has 0 N–H and O–H groups in total. The Balaban J connectivity index is 0. The summed E-state index contributed by atoms with van der Waals surface area (Å²) >= 11 is 1.78. The maximum atomic E-state index is 4.87. The zero-order chi connectivity index (χ0) is 7.33. The molecule has 0 atom stereocenters. The second-order valence-electron chi connectivity index (χ2n) is 2.92. The zero-order valence-corrected chi connectivity index (χ0v) is 8.25. The molecule has 0 aliphatic carbocycles. The SMILES string of the molecule is [CH2-]C(C)(C)CSCOC.[Li+]. The Labute approximate surface area is 80.5 Å². The van der Waals surface area contributed by atoms with Crippen molar-refractivity contribution in [1.29, 1.82) is 0 Å². The summed E-state index contributed by atoms with van der Waals surface area (Å²) in [5.74, 6) is 1.83. The largest absolute Gasteiger partial charge is 1.00 e. The summed E-state index contributed by atoms with van der Waals surface area (Å²) in [5, 5.41) is 0. The number of thioether (sulfide) groups is 1. The second kappa shape index (κ2) is 6.61. The number of methoxy groups -OCH3 is 1. The van der Waals surface area contributed by atoms with Crippen LogP contribution in [0.15, 0.2) is 0 Å². The molecule has 0 fully saturated rings. The van der Waals surface area contributed by atoms with Crippen LogP contribution in [0.5, 0.6) is 0 Å². The minimum Gasteiger partial charge on any atom is -0.374 e. The van der Waals surface area contributed by atoms with Crippen molar-refractivity contribution < 1.29 is 23.6 Å². The molecule has 0 rings (SSSR count). The summed E-state index contributed by atoms with van der Waals surface area (Å²) in [6.07, 6.45) is 0. The maximum Gasteiger partial charge on any atom is 1.00 e. The Morgan fingerprint density at radius 2 is 2.00 bits per heavy atom. The van der Waals surface area contributed by atoms with Crippen LogP contribution in [0.1, 0.15) is 13.8 Å². The Kier molecular flexibility index (Phi) is 8.92. The van der Waals surface area contributed by atoms with Gasteiger partial charge < -0.3 is 11.7 Å². The van der Waals surface area contributed by atoms with Gasteiger partial charge in [0.15, 0.2) is 0 Å². The minimum atomic E-state index is 0. The quantitative estimate of drug-likeness (QED) is 0.227. The van der Waals surface area contributed by atoms with E-state index in [1.54, 1.807) is 18.9 Å². The average Bonchev–Trinajstić information content (AvgIpc) is 1.63. The molecule has 0 amide bonds. The number of rotatable bonds is 4. The third-order valence-electron chi connectivity index (χ3n) is 0.694. The van der Waals surface area contributed by atoms with E-state index in [4.69, 9.17) is 4.74 Å². The molecule has 0 aromatic carbocycles. The van der Waals surface area contributed by atoms with Crippen LogP contribution >= 0.6 is 11.8 Å². The first-order chi connectivity index (χ1) is 4.06. The molecule has 0 aromatic heterocycles. The van der Waals surface area contributed by atoms with E-state index in [0.717, 1.165) is 11.7 Å². The maximum absolute atomic E-state index is 4.87. The van der Waals surface area contributed by atoms with E-state index in [1.165, 1.54) is 0 Å². The summed E-state index contributed by atoms with van der Waals surface area (Å²) in [7, 11) is 1.71. The molecule has 0 spiro atoms. The summed E-state index contributed by atoms with van der Waals surface area (Å²) in [6.45, 7) is 8.21. The van der Waals surface area contributed by atoms with Crippen molar-refractivity contribution in [2.24, 2.45) is 5.41 Å². The van der Waals surface area contributed by atoms with Crippen molar-refractivity contribution in [2.75, 3.05) is 18.8 Å². The Hall–Kier alpha value is 0.907. The Morgan fingerprint density at radius 3 is 2.30 bits per heavy atom. The molecule has 0 saturated carbocycles. The van der Waals surface area contributed by atoms with E-state index < -0.39 is 0 Å². The van der Waals surface area contributed by atoms with Gasteiger partial charge in [-0.15, -0.1) is 11.8 Å². The molecule has 0 saturated heterocycles. The zero-order valence-electron chi connectivity index (χ0n) is 7.44. The minimum absolute atomic E-state index is 0. The normalized spacial score (nSPS) is 10.8. The molecule has 0 aliphatic rings. The van der Waals surface area contributed by atoms with Crippen LogP contribution in [0.3, 0.4) is 0 Å². The van der Waals surface area contributed by atoms with Crippen LogP contribution in [0.4, 0.5) is 0 Å². The van der Waals surface area contributed by atoms with Crippen molar-refractivity contribution >= 4 is 11.8 Å². The third kappa shape index (κ3) is 11.7. The molecule has 0 heterocycles. The summed E-state index contributed by atoms with van der Waals surface area (Å²) in [4.78, 5) is 0. The third-order valence-corrected chi connectivity index (χ3v) is 2.08. The van der Waals surface area contributed by atoms with Crippen LogP contribution in [0.25, 0.3) is 0 Å². The van der Waals surface area contributed by atoms with Gasteiger partial charge in [0.2, 0.25) is 0 Å². The molecule has 3 heteroatoms. The van der Waals surface area contributed by atoms with Gasteiger partial charge in [-0.3, -0.25) is 0 Å². The molecule has 0 bridgehead atoms. The number of hydrogen-bond acceptors (Lipinski definition) is 2. The molecule has 0 unspecified atom stereocenters. The molecule has 0 radical (unpaired) electrons. The predicted octanol–water partition coefficient (Wildman–Crippen LogP) is -0.812. The van der Waals surface area contributed by atoms with Gasteiger partial charge in [-0.05, 0) is 5.75 Å². The smallest absolute Gasteiger partial charge is 0.374 e. The molecule has 1 nitrogen and oxygen atoms in total. The standard InChI is InChI=1S/C7H15OS.Li/c1-7(2,3)5-9-6-8-4;/h1,5-6H2,2-4H3;/q-1;+1. The number of hydrogen-bond donors (Lipinski definition) is 0. The van der Waals surface area contributed by atoms with Crippen LogP contribution < -0.4 is 18.9 Å². The van der Waals surface area contributed by atoms with Crippen LogP contribution in [0, 0.1) is 12.3 Å². The predicted molar refractivity (Wildman–Crippen MR) is 43.5 cm³/mol. The van der Waals surface area contributed by atoms with Crippen molar-refractivity contribution in [3.63, 3.8) is 0 Å². The Morgan fingerprint density at radius 1 is 1.50 bits per heavy atom. The monoisotopic (exact) mass is 154 g/mol. The van der Waals surface area contributed by atoms with Gasteiger partial charge in [-0.2, -0.15) is 5.41 Å².